The van der Waals surface area contributed by atoms with Crippen molar-refractivity contribution in [1.82, 2.24) is 4.90 Å². The number of rotatable bonds is 5. The standard InChI is InChI=1S/C10H17NO3S/c1-2-3-4-8(10(13)14)11-6-7(15)5-9(11)12/h7-8,15H,2-6H2,1H3,(H,13,14). The van der Waals surface area contributed by atoms with Gasteiger partial charge in [0.2, 0.25) is 5.91 Å². The number of carbonyl (C=O) groups is 2. The molecule has 1 heterocycles. The predicted octanol–water partition coefficient (Wildman–Crippen LogP) is 1.16. The maximum atomic E-state index is 11.5. The first kappa shape index (κ1) is 12.4. The van der Waals surface area contributed by atoms with Crippen molar-refractivity contribution in [1.29, 1.82) is 0 Å². The molecule has 2 unspecified atom stereocenters. The van der Waals surface area contributed by atoms with Gasteiger partial charge in [0, 0.05) is 18.2 Å². The number of carboxylic acids is 1. The van der Waals surface area contributed by atoms with Crippen LogP contribution >= 0.6 is 12.6 Å². The monoisotopic (exact) mass is 231 g/mol. The average molecular weight is 231 g/mol. The van der Waals surface area contributed by atoms with Crippen molar-refractivity contribution in [3.63, 3.8) is 0 Å². The van der Waals surface area contributed by atoms with Crippen LogP contribution in [0.25, 0.3) is 0 Å². The summed E-state index contributed by atoms with van der Waals surface area (Å²) < 4.78 is 0. The van der Waals surface area contributed by atoms with E-state index in [1.54, 1.807) is 0 Å². The van der Waals surface area contributed by atoms with Gasteiger partial charge in [-0.05, 0) is 6.42 Å². The Balaban J connectivity index is 2.63. The summed E-state index contributed by atoms with van der Waals surface area (Å²) >= 11 is 4.21. The van der Waals surface area contributed by atoms with Gasteiger partial charge in [0.05, 0.1) is 0 Å². The number of nitrogens with zero attached hydrogens (tertiary/aromatic N) is 1. The fourth-order valence-electron chi connectivity index (χ4n) is 1.82. The molecule has 1 aliphatic heterocycles. The summed E-state index contributed by atoms with van der Waals surface area (Å²) in [6.45, 7) is 2.47. The van der Waals surface area contributed by atoms with Crippen molar-refractivity contribution >= 4 is 24.5 Å². The van der Waals surface area contributed by atoms with E-state index in [2.05, 4.69) is 12.6 Å². The van der Waals surface area contributed by atoms with Gasteiger partial charge in [0.15, 0.2) is 0 Å². The van der Waals surface area contributed by atoms with Gasteiger partial charge in [-0.2, -0.15) is 12.6 Å². The number of hydrogen-bond donors (Lipinski definition) is 2. The molecule has 2 atom stereocenters. The molecule has 0 bridgehead atoms. The van der Waals surface area contributed by atoms with Crippen molar-refractivity contribution in [2.24, 2.45) is 0 Å². The highest BCUT2D eigenvalue weighted by molar-refractivity contribution is 7.81. The number of amides is 1. The lowest BCUT2D eigenvalue weighted by molar-refractivity contribution is -0.148. The molecule has 15 heavy (non-hydrogen) atoms. The third-order valence-corrected chi connectivity index (χ3v) is 2.98. The lowest BCUT2D eigenvalue weighted by Gasteiger charge is -2.24. The molecule has 4 nitrogen and oxygen atoms in total. The minimum absolute atomic E-state index is 0.0130. The van der Waals surface area contributed by atoms with Crippen LogP contribution in [0.5, 0.6) is 0 Å². The fourth-order valence-corrected chi connectivity index (χ4v) is 2.16. The zero-order valence-electron chi connectivity index (χ0n) is 8.85. The minimum Gasteiger partial charge on any atom is -0.480 e. The Hall–Kier alpha value is -0.710. The summed E-state index contributed by atoms with van der Waals surface area (Å²) in [5.41, 5.74) is 0. The maximum Gasteiger partial charge on any atom is 0.326 e. The number of hydrogen-bond acceptors (Lipinski definition) is 3. The van der Waals surface area contributed by atoms with Crippen LogP contribution in [0.4, 0.5) is 0 Å². The highest BCUT2D eigenvalue weighted by Gasteiger charge is 2.35. The summed E-state index contributed by atoms with van der Waals surface area (Å²) in [6.07, 6.45) is 2.67. The number of unbranched alkanes of at least 4 members (excludes halogenated alkanes) is 1. The van der Waals surface area contributed by atoms with Gasteiger partial charge in [-0.25, -0.2) is 4.79 Å². The summed E-state index contributed by atoms with van der Waals surface area (Å²) in [7, 11) is 0. The molecule has 5 heteroatoms. The normalized spacial score (nSPS) is 23.2. The van der Waals surface area contributed by atoms with Gasteiger partial charge < -0.3 is 10.0 Å². The molecule has 1 N–H and O–H groups in total. The second-order valence-corrected chi connectivity index (χ2v) is 4.63. The lowest BCUT2D eigenvalue weighted by Crippen LogP contribution is -2.42. The van der Waals surface area contributed by atoms with Gasteiger partial charge >= 0.3 is 5.97 Å². The van der Waals surface area contributed by atoms with Crippen molar-refractivity contribution in [2.75, 3.05) is 6.54 Å². The average Bonchev–Trinajstić information content (AvgIpc) is 2.46. The van der Waals surface area contributed by atoms with Crippen LogP contribution in [0, 0.1) is 0 Å². The molecule has 86 valence electrons. The summed E-state index contributed by atoms with van der Waals surface area (Å²) in [4.78, 5) is 24.0. The number of carboxylic acid groups (broad SMARTS) is 1. The first-order chi connectivity index (χ1) is 7.06. The quantitative estimate of drug-likeness (QED) is 0.698. The topological polar surface area (TPSA) is 57.6 Å². The second kappa shape index (κ2) is 5.39. The number of likely N-dealkylation sites (tertiary alicyclic amines) is 1. The smallest absolute Gasteiger partial charge is 0.326 e. The zero-order valence-corrected chi connectivity index (χ0v) is 9.74. The van der Waals surface area contributed by atoms with Gasteiger partial charge in [-0.1, -0.05) is 19.8 Å². The van der Waals surface area contributed by atoms with Crippen LogP contribution in [0.15, 0.2) is 0 Å². The minimum atomic E-state index is -0.903. The molecule has 0 aromatic carbocycles. The van der Waals surface area contributed by atoms with E-state index in [0.29, 0.717) is 19.4 Å². The van der Waals surface area contributed by atoms with E-state index in [1.807, 2.05) is 6.92 Å². The van der Waals surface area contributed by atoms with E-state index in [1.165, 1.54) is 4.90 Å². The number of carbonyl (C=O) groups excluding carboxylic acids is 1. The van der Waals surface area contributed by atoms with Crippen molar-refractivity contribution in [2.45, 2.75) is 43.9 Å². The van der Waals surface area contributed by atoms with Crippen LogP contribution in [-0.4, -0.2) is 39.7 Å². The van der Waals surface area contributed by atoms with Crippen LogP contribution in [0.2, 0.25) is 0 Å². The van der Waals surface area contributed by atoms with Gasteiger partial charge in [0.1, 0.15) is 6.04 Å². The molecule has 0 saturated carbocycles. The SMILES string of the molecule is CCCCC(C(=O)O)N1CC(S)CC1=O. The Labute approximate surface area is 95.1 Å². The third kappa shape index (κ3) is 3.12. The van der Waals surface area contributed by atoms with Gasteiger partial charge in [0.25, 0.3) is 0 Å². The first-order valence-corrected chi connectivity index (χ1v) is 5.78. The molecule has 0 aromatic heterocycles. The first-order valence-electron chi connectivity index (χ1n) is 5.26. The molecule has 1 aliphatic rings. The number of aliphatic carboxylic acids is 1. The van der Waals surface area contributed by atoms with Crippen LogP contribution in [-0.2, 0) is 9.59 Å². The van der Waals surface area contributed by atoms with E-state index in [4.69, 9.17) is 5.11 Å². The zero-order chi connectivity index (χ0) is 11.4. The molecule has 0 radical (unpaired) electrons. The molecular weight excluding hydrogens is 214 g/mol. The van der Waals surface area contributed by atoms with Crippen LogP contribution in [0.3, 0.4) is 0 Å². The third-order valence-electron chi connectivity index (χ3n) is 2.63. The molecule has 1 rings (SSSR count). The van der Waals surface area contributed by atoms with E-state index in [-0.39, 0.29) is 11.2 Å². The molecule has 0 spiro atoms. The van der Waals surface area contributed by atoms with Gasteiger partial charge in [-0.15, -0.1) is 0 Å². The van der Waals surface area contributed by atoms with Crippen LogP contribution in [0.1, 0.15) is 32.6 Å². The van der Waals surface area contributed by atoms with Crippen molar-refractivity contribution in [3.05, 3.63) is 0 Å². The summed E-state index contributed by atoms with van der Waals surface area (Å²) in [5.74, 6) is -0.988. The fraction of sp³-hybridized carbons (Fsp3) is 0.800. The molecule has 1 saturated heterocycles. The Morgan fingerprint density at radius 2 is 2.40 bits per heavy atom. The van der Waals surface area contributed by atoms with E-state index < -0.39 is 12.0 Å². The molecule has 1 amide bonds. The van der Waals surface area contributed by atoms with E-state index >= 15 is 0 Å². The molecule has 1 fully saturated rings. The molecular formula is C10H17NO3S. The van der Waals surface area contributed by atoms with Crippen molar-refractivity contribution < 1.29 is 14.7 Å². The summed E-state index contributed by atoms with van der Waals surface area (Å²) in [6, 6.07) is -0.658. The summed E-state index contributed by atoms with van der Waals surface area (Å²) in [5, 5.41) is 9.03. The van der Waals surface area contributed by atoms with E-state index in [0.717, 1.165) is 12.8 Å². The number of thiol groups is 1. The van der Waals surface area contributed by atoms with Crippen LogP contribution < -0.4 is 0 Å². The highest BCUT2D eigenvalue weighted by atomic mass is 32.1. The lowest BCUT2D eigenvalue weighted by atomic mass is 10.1. The van der Waals surface area contributed by atoms with Crippen molar-refractivity contribution in [3.8, 4) is 0 Å². The van der Waals surface area contributed by atoms with E-state index in [9.17, 15) is 9.59 Å². The predicted molar refractivity (Wildman–Crippen MR) is 60.1 cm³/mol. The second-order valence-electron chi connectivity index (χ2n) is 3.90. The molecule has 0 aromatic rings. The Morgan fingerprint density at radius 3 is 2.80 bits per heavy atom. The largest absolute Gasteiger partial charge is 0.480 e. The Morgan fingerprint density at radius 1 is 1.73 bits per heavy atom. The van der Waals surface area contributed by atoms with Gasteiger partial charge in [-0.3, -0.25) is 4.79 Å². The maximum absolute atomic E-state index is 11.5. The Bertz CT molecular complexity index is 257. The Kier molecular flexibility index (Phi) is 4.45. The highest BCUT2D eigenvalue weighted by Crippen LogP contribution is 2.21. The molecule has 0 aliphatic carbocycles.